The zero-order valence-electron chi connectivity index (χ0n) is 35.8. The van der Waals surface area contributed by atoms with E-state index >= 15 is 0 Å². The standard InChI is InChI=1S/C45H63ClN4O8/c1-11-13-36-45(8)39-30(6)37(47-17-18-50(39)43(53)58-45)28(4)24-44(7,54-19-12-14-31-22-32-23-33(46)15-16-34(32)48-25-31)40(26(2)20-27(3)41(52)56-36)57-42-38(51)35(49(9)10)21-29(5)55-42/h12,14-16,20,22-23,25-26,28-30,35-36,38-40,42,51H,11,13,17-19,21,24H2,1-10H3/b14-12+,27-20+/t26-,28+,29-,30-,35+,36+,38?,39+,40+,42+,44-,45+/m0/s1. The summed E-state index contributed by atoms with van der Waals surface area (Å²) in [5, 5.41) is 13.3. The second kappa shape index (κ2) is 18.1. The van der Waals surface area contributed by atoms with Crippen LogP contribution < -0.4 is 0 Å². The van der Waals surface area contributed by atoms with Crippen molar-refractivity contribution in [2.45, 2.75) is 135 Å². The number of cyclic esters (lactones) is 1. The number of pyridine rings is 1. The molecule has 2 bridgehead atoms. The van der Waals surface area contributed by atoms with Gasteiger partial charge in [0.15, 0.2) is 11.9 Å². The molecule has 4 aliphatic heterocycles. The summed E-state index contributed by atoms with van der Waals surface area (Å²) >= 11 is 6.28. The Kier molecular flexibility index (Phi) is 13.8. The van der Waals surface area contributed by atoms with E-state index in [2.05, 4.69) is 18.8 Å². The van der Waals surface area contributed by atoms with E-state index in [1.807, 2.05) is 102 Å². The molecule has 1 amide bonds. The Morgan fingerprint density at radius 3 is 2.62 bits per heavy atom. The van der Waals surface area contributed by atoms with E-state index in [1.54, 1.807) is 11.8 Å². The number of likely N-dealkylation sites (N-methyl/N-ethyl adjacent to an activating group) is 1. The van der Waals surface area contributed by atoms with Gasteiger partial charge in [-0.1, -0.05) is 63.9 Å². The number of aliphatic imine (C=N–C) groups is 1. The molecule has 0 spiro atoms. The molecule has 0 saturated carbocycles. The first-order chi connectivity index (χ1) is 27.4. The number of carbonyl (C=O) groups excluding carboxylic acids is 2. The lowest BCUT2D eigenvalue weighted by molar-refractivity contribution is -0.295. The zero-order valence-corrected chi connectivity index (χ0v) is 36.6. The van der Waals surface area contributed by atoms with E-state index in [0.717, 1.165) is 28.6 Å². The summed E-state index contributed by atoms with van der Waals surface area (Å²) in [6.45, 7) is 17.0. The maximum absolute atomic E-state index is 14.1. The van der Waals surface area contributed by atoms with E-state index in [-0.39, 0.29) is 30.6 Å². The fourth-order valence-electron chi connectivity index (χ4n) is 9.90. The third-order valence-electron chi connectivity index (χ3n) is 12.7. The molecule has 1 N–H and O–H groups in total. The number of aliphatic hydroxyl groups excluding tert-OH is 1. The van der Waals surface area contributed by atoms with Gasteiger partial charge in [0.2, 0.25) is 0 Å². The molecule has 6 rings (SSSR count). The number of aliphatic hydroxyl groups is 1. The second-order valence-electron chi connectivity index (χ2n) is 17.5. The maximum Gasteiger partial charge on any atom is 0.410 e. The fraction of sp³-hybridized carbons (Fsp3) is 0.644. The van der Waals surface area contributed by atoms with Gasteiger partial charge in [-0.3, -0.25) is 14.9 Å². The highest BCUT2D eigenvalue weighted by Crippen LogP contribution is 2.44. The Bertz CT molecular complexity index is 1900. The van der Waals surface area contributed by atoms with Crippen molar-refractivity contribution in [2.24, 2.45) is 22.7 Å². The van der Waals surface area contributed by atoms with Crippen LogP contribution in [0.5, 0.6) is 0 Å². The summed E-state index contributed by atoms with van der Waals surface area (Å²) in [7, 11) is 3.89. The monoisotopic (exact) mass is 822 g/mol. The lowest BCUT2D eigenvalue weighted by Gasteiger charge is -2.47. The molecule has 2 fully saturated rings. The van der Waals surface area contributed by atoms with E-state index < -0.39 is 59.8 Å². The van der Waals surface area contributed by atoms with Crippen molar-refractivity contribution < 1.29 is 38.4 Å². The largest absolute Gasteiger partial charge is 0.455 e. The molecule has 1 aromatic heterocycles. The molecule has 2 saturated heterocycles. The quantitative estimate of drug-likeness (QED) is 0.254. The fourth-order valence-corrected chi connectivity index (χ4v) is 10.1. The molecule has 2 aromatic rings. The van der Waals surface area contributed by atoms with Gasteiger partial charge in [0.25, 0.3) is 0 Å². The van der Waals surface area contributed by atoms with E-state index in [0.29, 0.717) is 42.9 Å². The SMILES string of the molecule is CCC[C@H]1OC(=O)/C(C)=C/[C@H](C)[C@@H](O[C@H]2O[C@@H](C)C[C@@H](N(C)C)C2O)[C@@](C)(OC/C=C/c2cnc3ccc(Cl)cc3c2)C[C@@H](C)C2=NCCN3C(=O)O[C@@]1(C)[C@H]3[C@H]2C. The Morgan fingerprint density at radius 2 is 1.90 bits per heavy atom. The predicted octanol–water partition coefficient (Wildman–Crippen LogP) is 7.49. The highest BCUT2D eigenvalue weighted by molar-refractivity contribution is 6.31. The molecule has 318 valence electrons. The van der Waals surface area contributed by atoms with Gasteiger partial charge in [-0.05, 0) is 96.8 Å². The first-order valence-corrected chi connectivity index (χ1v) is 21.3. The first kappa shape index (κ1) is 44.2. The van der Waals surface area contributed by atoms with Crippen LogP contribution in [-0.2, 0) is 28.5 Å². The summed E-state index contributed by atoms with van der Waals surface area (Å²) in [6.07, 6.45) is 6.07. The number of amides is 1. The van der Waals surface area contributed by atoms with Gasteiger partial charge in [0, 0.05) is 52.3 Å². The first-order valence-electron chi connectivity index (χ1n) is 20.9. The van der Waals surface area contributed by atoms with Crippen molar-refractivity contribution in [3.8, 4) is 0 Å². The van der Waals surface area contributed by atoms with Crippen LogP contribution >= 0.6 is 11.6 Å². The smallest absolute Gasteiger partial charge is 0.410 e. The predicted molar refractivity (Wildman–Crippen MR) is 226 cm³/mol. The van der Waals surface area contributed by atoms with Crippen LogP contribution in [0.3, 0.4) is 0 Å². The number of ether oxygens (including phenoxy) is 5. The molecular formula is C45H63ClN4O8. The molecule has 1 aromatic carbocycles. The molecule has 58 heavy (non-hydrogen) atoms. The van der Waals surface area contributed by atoms with E-state index in [1.165, 1.54) is 0 Å². The number of fused-ring (bicyclic) bond motifs is 2. The van der Waals surface area contributed by atoms with Crippen molar-refractivity contribution in [3.63, 3.8) is 0 Å². The molecule has 1 unspecified atom stereocenters. The Labute approximate surface area is 348 Å². The van der Waals surface area contributed by atoms with Crippen LogP contribution in [0.25, 0.3) is 17.0 Å². The van der Waals surface area contributed by atoms with Crippen molar-refractivity contribution in [3.05, 3.63) is 58.8 Å². The third-order valence-corrected chi connectivity index (χ3v) is 12.9. The molecule has 12 atom stereocenters. The van der Waals surface area contributed by atoms with Crippen molar-refractivity contribution in [2.75, 3.05) is 33.8 Å². The summed E-state index contributed by atoms with van der Waals surface area (Å²) in [5.74, 6) is -1.28. The Hall–Kier alpha value is -3.39. The minimum Gasteiger partial charge on any atom is -0.455 e. The minimum atomic E-state index is -1.10. The van der Waals surface area contributed by atoms with Crippen LogP contribution in [0.15, 0.2) is 53.2 Å². The summed E-state index contributed by atoms with van der Waals surface area (Å²) in [5.41, 5.74) is 0.958. The van der Waals surface area contributed by atoms with E-state index in [4.69, 9.17) is 40.3 Å². The van der Waals surface area contributed by atoms with Gasteiger partial charge < -0.3 is 33.7 Å². The van der Waals surface area contributed by atoms with Crippen LogP contribution in [0, 0.1) is 17.8 Å². The number of hydrogen-bond acceptors (Lipinski definition) is 11. The lowest BCUT2D eigenvalue weighted by Crippen LogP contribution is -2.59. The topological polar surface area (TPSA) is 132 Å². The van der Waals surface area contributed by atoms with E-state index in [9.17, 15) is 14.7 Å². The number of carbonyl (C=O) groups is 2. The van der Waals surface area contributed by atoms with Crippen LogP contribution in [0.1, 0.15) is 86.6 Å². The number of nitrogens with zero attached hydrogens (tertiary/aromatic N) is 4. The number of halogens is 1. The Morgan fingerprint density at radius 1 is 1.14 bits per heavy atom. The highest BCUT2D eigenvalue weighted by atomic mass is 35.5. The summed E-state index contributed by atoms with van der Waals surface area (Å²) in [4.78, 5) is 41.2. The molecule has 0 aliphatic carbocycles. The minimum absolute atomic E-state index is 0.137. The Balaban J connectivity index is 1.42. The molecule has 5 heterocycles. The number of hydrogen-bond donors (Lipinski definition) is 1. The van der Waals surface area contributed by atoms with Crippen LogP contribution in [0.4, 0.5) is 4.79 Å². The summed E-state index contributed by atoms with van der Waals surface area (Å²) in [6, 6.07) is 7.04. The second-order valence-corrected chi connectivity index (χ2v) is 18.0. The lowest BCUT2D eigenvalue weighted by atomic mass is 9.73. The van der Waals surface area contributed by atoms with Gasteiger partial charge in [-0.15, -0.1) is 0 Å². The molecule has 0 radical (unpaired) electrons. The van der Waals surface area contributed by atoms with Crippen molar-refractivity contribution in [1.82, 2.24) is 14.8 Å². The van der Waals surface area contributed by atoms with Gasteiger partial charge in [0.1, 0.15) is 12.2 Å². The van der Waals surface area contributed by atoms with Crippen molar-refractivity contribution in [1.29, 1.82) is 0 Å². The van der Waals surface area contributed by atoms with Crippen molar-refractivity contribution >= 4 is 46.4 Å². The average molecular weight is 823 g/mol. The van der Waals surface area contributed by atoms with Gasteiger partial charge in [-0.25, -0.2) is 9.59 Å². The van der Waals surface area contributed by atoms with Crippen LogP contribution in [-0.4, -0.2) is 125 Å². The molecule has 4 aliphatic rings. The molecule has 12 nitrogen and oxygen atoms in total. The number of esters is 1. The zero-order chi connectivity index (χ0) is 42.1. The molecule has 13 heteroatoms. The summed E-state index contributed by atoms with van der Waals surface area (Å²) < 4.78 is 32.9. The van der Waals surface area contributed by atoms with Gasteiger partial charge in [-0.2, -0.15) is 0 Å². The highest BCUT2D eigenvalue weighted by Gasteiger charge is 2.60. The average Bonchev–Trinajstić information content (AvgIpc) is 3.29. The number of rotatable bonds is 9. The molecular weight excluding hydrogens is 760 g/mol. The third kappa shape index (κ3) is 9.17. The normalized spacial score (nSPS) is 37.2. The van der Waals surface area contributed by atoms with Crippen LogP contribution in [0.2, 0.25) is 5.02 Å². The van der Waals surface area contributed by atoms with Gasteiger partial charge in [0.05, 0.1) is 42.5 Å². The van der Waals surface area contributed by atoms with Gasteiger partial charge >= 0.3 is 12.1 Å². The number of aromatic nitrogens is 1. The maximum atomic E-state index is 14.1. The number of benzene rings is 1.